The largest absolute Gasteiger partial charge is 0.508 e. The molecule has 2 saturated carbocycles. The number of β-amino-alcohol motifs (C(OH)–C–C–N with tert-alkyl or cyclic N) is 1. The lowest BCUT2D eigenvalue weighted by atomic mass is 9.55. The number of likely N-dealkylation sites (tertiary alicyclic amines) is 1. The number of aliphatic hydroxyl groups is 1. The van der Waals surface area contributed by atoms with Crippen molar-refractivity contribution in [3.63, 3.8) is 0 Å². The maximum Gasteiger partial charge on any atom is 0.407 e. The zero-order chi connectivity index (χ0) is 22.9. The molecule has 2 aromatic carbocycles. The molecule has 2 aromatic rings. The fourth-order valence-electron chi connectivity index (χ4n) is 5.94. The minimum atomic E-state index is -0.889. The number of phenolic OH excluding ortho intramolecular Hbond substituents is 1. The van der Waals surface area contributed by atoms with Crippen LogP contribution in [0, 0.1) is 5.92 Å². The van der Waals surface area contributed by atoms with Gasteiger partial charge in [-0.15, -0.1) is 0 Å². The van der Waals surface area contributed by atoms with Crippen LogP contribution in [0.1, 0.15) is 49.7 Å². The van der Waals surface area contributed by atoms with Crippen molar-refractivity contribution in [1.82, 2.24) is 10.2 Å². The van der Waals surface area contributed by atoms with Crippen LogP contribution < -0.4 is 5.32 Å². The van der Waals surface area contributed by atoms with Gasteiger partial charge in [-0.25, -0.2) is 4.79 Å². The molecule has 1 saturated heterocycles. The first-order valence-electron chi connectivity index (χ1n) is 12.2. The number of alkyl carbamates (subject to hydrolysis) is 1. The first-order valence-corrected chi connectivity index (χ1v) is 12.2. The van der Waals surface area contributed by atoms with Crippen LogP contribution in [0.3, 0.4) is 0 Å². The summed E-state index contributed by atoms with van der Waals surface area (Å²) in [6.07, 6.45) is 4.91. The van der Waals surface area contributed by atoms with Crippen LogP contribution in [-0.4, -0.2) is 52.5 Å². The topological polar surface area (TPSA) is 82.0 Å². The highest BCUT2D eigenvalue weighted by Crippen LogP contribution is 2.52. The second-order valence-electron chi connectivity index (χ2n) is 10.2. The fourth-order valence-corrected chi connectivity index (χ4v) is 5.94. The number of hydrogen-bond donors (Lipinski definition) is 3. The van der Waals surface area contributed by atoms with Gasteiger partial charge < -0.3 is 25.2 Å². The lowest BCUT2D eigenvalue weighted by Gasteiger charge is -2.58. The summed E-state index contributed by atoms with van der Waals surface area (Å²) < 4.78 is 5.46. The maximum atomic E-state index is 12.6. The molecule has 2 aliphatic carbocycles. The summed E-state index contributed by atoms with van der Waals surface area (Å²) in [7, 11) is 0. The van der Waals surface area contributed by atoms with Gasteiger partial charge in [-0.2, -0.15) is 0 Å². The molecule has 0 bridgehead atoms. The molecular weight excluding hydrogens is 416 g/mol. The Morgan fingerprint density at radius 2 is 1.91 bits per heavy atom. The Balaban J connectivity index is 1.32. The number of benzene rings is 2. The predicted octanol–water partition coefficient (Wildman–Crippen LogP) is 3.96. The number of hydrogen-bond acceptors (Lipinski definition) is 5. The molecule has 0 aromatic heterocycles. The Morgan fingerprint density at radius 1 is 1.09 bits per heavy atom. The van der Waals surface area contributed by atoms with Crippen molar-refractivity contribution in [2.75, 3.05) is 19.6 Å². The van der Waals surface area contributed by atoms with Gasteiger partial charge in [-0.1, -0.05) is 42.5 Å². The summed E-state index contributed by atoms with van der Waals surface area (Å²) >= 11 is 0. The van der Waals surface area contributed by atoms with E-state index in [1.54, 1.807) is 12.1 Å². The second-order valence-corrected chi connectivity index (χ2v) is 10.2. The van der Waals surface area contributed by atoms with E-state index in [0.717, 1.165) is 36.6 Å². The molecule has 5 rings (SSSR count). The molecule has 1 amide bonds. The Hall–Kier alpha value is -2.57. The van der Waals surface area contributed by atoms with Gasteiger partial charge in [0.05, 0.1) is 5.60 Å². The van der Waals surface area contributed by atoms with Gasteiger partial charge in [0.1, 0.15) is 12.4 Å². The van der Waals surface area contributed by atoms with E-state index >= 15 is 0 Å². The lowest BCUT2D eigenvalue weighted by Crippen LogP contribution is -2.67. The van der Waals surface area contributed by atoms with Gasteiger partial charge in [-0.3, -0.25) is 0 Å². The van der Waals surface area contributed by atoms with Crippen LogP contribution >= 0.6 is 0 Å². The van der Waals surface area contributed by atoms with E-state index in [9.17, 15) is 15.0 Å². The molecule has 0 spiro atoms. The van der Waals surface area contributed by atoms with Crippen molar-refractivity contribution < 1.29 is 19.7 Å². The number of piperidine rings is 1. The summed E-state index contributed by atoms with van der Waals surface area (Å²) in [5.74, 6) is 0.987. The second kappa shape index (κ2) is 8.99. The van der Waals surface area contributed by atoms with Crippen molar-refractivity contribution in [1.29, 1.82) is 0 Å². The van der Waals surface area contributed by atoms with Crippen LogP contribution in [0.2, 0.25) is 0 Å². The zero-order valence-corrected chi connectivity index (χ0v) is 19.1. The van der Waals surface area contributed by atoms with Crippen LogP contribution in [0.15, 0.2) is 54.6 Å². The molecule has 3 N–H and O–H groups in total. The molecule has 0 unspecified atom stereocenters. The first kappa shape index (κ1) is 22.2. The number of nitrogens with one attached hydrogen (secondary N) is 1. The predicted molar refractivity (Wildman–Crippen MR) is 126 cm³/mol. The molecule has 3 aliphatic rings. The highest BCUT2D eigenvalue weighted by molar-refractivity contribution is 5.67. The third-order valence-corrected chi connectivity index (χ3v) is 7.88. The molecule has 33 heavy (non-hydrogen) atoms. The molecule has 3 fully saturated rings. The molecule has 6 nitrogen and oxygen atoms in total. The number of fused-ring (bicyclic) bond motifs is 1. The van der Waals surface area contributed by atoms with E-state index in [4.69, 9.17) is 4.74 Å². The van der Waals surface area contributed by atoms with Gasteiger partial charge in [-0.05, 0) is 74.2 Å². The van der Waals surface area contributed by atoms with Crippen molar-refractivity contribution in [2.45, 2.75) is 62.2 Å². The average molecular weight is 451 g/mol. The number of phenols is 1. The third-order valence-electron chi connectivity index (χ3n) is 7.88. The Bertz CT molecular complexity index is 979. The number of ether oxygens (including phenoxy) is 1. The van der Waals surface area contributed by atoms with Crippen molar-refractivity contribution >= 4 is 6.09 Å². The molecule has 0 radical (unpaired) electrons. The first-order chi connectivity index (χ1) is 16.0. The quantitative estimate of drug-likeness (QED) is 0.621. The van der Waals surface area contributed by atoms with E-state index in [2.05, 4.69) is 10.2 Å². The zero-order valence-electron chi connectivity index (χ0n) is 19.1. The minimum Gasteiger partial charge on any atom is -0.508 e. The fraction of sp³-hybridized carbons (Fsp3) is 0.519. The van der Waals surface area contributed by atoms with E-state index in [1.165, 1.54) is 12.8 Å². The summed E-state index contributed by atoms with van der Waals surface area (Å²) in [6.45, 7) is 2.85. The number of rotatable bonds is 6. The number of amides is 1. The summed E-state index contributed by atoms with van der Waals surface area (Å²) in [6, 6.07) is 16.9. The Labute approximate surface area is 195 Å². The van der Waals surface area contributed by atoms with Crippen molar-refractivity contribution in [3.8, 4) is 5.75 Å². The van der Waals surface area contributed by atoms with Crippen LogP contribution in [0.5, 0.6) is 5.75 Å². The van der Waals surface area contributed by atoms with Crippen molar-refractivity contribution in [3.05, 3.63) is 65.7 Å². The lowest BCUT2D eigenvalue weighted by molar-refractivity contribution is -0.126. The summed E-state index contributed by atoms with van der Waals surface area (Å²) in [5, 5.41) is 25.3. The Kier molecular flexibility index (Phi) is 6.06. The van der Waals surface area contributed by atoms with E-state index in [-0.39, 0.29) is 18.4 Å². The van der Waals surface area contributed by atoms with E-state index < -0.39 is 17.1 Å². The van der Waals surface area contributed by atoms with Crippen LogP contribution in [-0.2, 0) is 16.8 Å². The Morgan fingerprint density at radius 3 is 2.67 bits per heavy atom. The molecule has 6 heteroatoms. The standard InChI is InChI=1S/C27H34N2O4/c30-24-8-4-7-22(15-24)26-13-14-29(17-20-9-10-20)19-27(26,32)12-11-23(16-26)28-25(31)33-18-21-5-2-1-3-6-21/h1-8,15,20,23,30,32H,9-14,16-19H2,(H,28,31)/t23-,26-,27-/m0/s1. The number of carbonyl (C=O) groups is 1. The van der Waals surface area contributed by atoms with Gasteiger partial charge in [0.2, 0.25) is 0 Å². The van der Waals surface area contributed by atoms with Crippen LogP contribution in [0.4, 0.5) is 4.79 Å². The van der Waals surface area contributed by atoms with Gasteiger partial charge in [0, 0.05) is 24.5 Å². The van der Waals surface area contributed by atoms with E-state index in [1.807, 2.05) is 42.5 Å². The maximum absolute atomic E-state index is 12.6. The highest BCUT2D eigenvalue weighted by Gasteiger charge is 2.58. The molecule has 1 aliphatic heterocycles. The van der Waals surface area contributed by atoms with Gasteiger partial charge in [0.15, 0.2) is 0 Å². The minimum absolute atomic E-state index is 0.0918. The molecular formula is C27H34N2O4. The van der Waals surface area contributed by atoms with Gasteiger partial charge >= 0.3 is 6.09 Å². The van der Waals surface area contributed by atoms with Gasteiger partial charge in [0.25, 0.3) is 0 Å². The summed E-state index contributed by atoms with van der Waals surface area (Å²) in [4.78, 5) is 15.0. The number of carbonyl (C=O) groups excluding carboxylic acids is 1. The molecule has 1 heterocycles. The molecule has 176 valence electrons. The van der Waals surface area contributed by atoms with E-state index in [0.29, 0.717) is 25.8 Å². The molecule has 3 atom stereocenters. The van der Waals surface area contributed by atoms with Crippen molar-refractivity contribution in [2.24, 2.45) is 5.92 Å². The SMILES string of the molecule is O=C(N[C@H]1CC[C@]2(O)CN(CC3CC3)CC[C@@]2(c2cccc(O)c2)C1)OCc1ccccc1. The monoisotopic (exact) mass is 450 g/mol. The average Bonchev–Trinajstić information content (AvgIpc) is 3.63. The number of nitrogens with zero attached hydrogens (tertiary/aromatic N) is 1. The normalized spacial score (nSPS) is 29.8. The summed E-state index contributed by atoms with van der Waals surface area (Å²) in [5.41, 5.74) is 0.506. The smallest absolute Gasteiger partial charge is 0.407 e. The number of aromatic hydroxyl groups is 1. The third kappa shape index (κ3) is 4.73. The highest BCUT2D eigenvalue weighted by atomic mass is 16.5. The van der Waals surface area contributed by atoms with Crippen LogP contribution in [0.25, 0.3) is 0 Å².